The van der Waals surface area contributed by atoms with E-state index in [1.165, 1.54) is 10.3 Å². The van der Waals surface area contributed by atoms with Crippen molar-refractivity contribution in [2.24, 2.45) is 0 Å². The van der Waals surface area contributed by atoms with Crippen LogP contribution in [0.25, 0.3) is 21.4 Å². The van der Waals surface area contributed by atoms with Crippen molar-refractivity contribution in [1.82, 2.24) is 19.5 Å². The van der Waals surface area contributed by atoms with Gasteiger partial charge in [-0.1, -0.05) is 11.8 Å². The minimum atomic E-state index is 0.745. The molecule has 0 atom stereocenters. The first-order chi connectivity index (χ1) is 10.7. The summed E-state index contributed by atoms with van der Waals surface area (Å²) in [7, 11) is 0. The summed E-state index contributed by atoms with van der Waals surface area (Å²) >= 11 is 7.04. The molecule has 110 valence electrons. The molecular weight excluding hydrogens is 380 g/mol. The molecule has 0 N–H and O–H groups in total. The van der Waals surface area contributed by atoms with Crippen molar-refractivity contribution >= 4 is 60.4 Å². The Morgan fingerprint density at radius 1 is 1.32 bits per heavy atom. The molecule has 0 saturated heterocycles. The Morgan fingerprint density at radius 2 is 2.23 bits per heavy atom. The van der Waals surface area contributed by atoms with E-state index in [-0.39, 0.29) is 0 Å². The maximum atomic E-state index is 4.62. The van der Waals surface area contributed by atoms with Gasteiger partial charge < -0.3 is 4.57 Å². The summed E-state index contributed by atoms with van der Waals surface area (Å²) < 4.78 is 5.39. The van der Waals surface area contributed by atoms with Gasteiger partial charge in [0.25, 0.3) is 0 Å². The number of rotatable bonds is 3. The van der Waals surface area contributed by atoms with Crippen molar-refractivity contribution in [1.29, 1.82) is 0 Å². The van der Waals surface area contributed by atoms with E-state index in [4.69, 9.17) is 0 Å². The largest absolute Gasteiger partial charge is 0.311 e. The maximum absolute atomic E-state index is 4.62. The van der Waals surface area contributed by atoms with Gasteiger partial charge in [-0.15, -0.1) is 11.3 Å². The minimum Gasteiger partial charge on any atom is -0.311 e. The number of thioether (sulfide) groups is 1. The minimum absolute atomic E-state index is 0.745. The zero-order chi connectivity index (χ0) is 15.1. The highest BCUT2D eigenvalue weighted by Crippen LogP contribution is 2.33. The van der Waals surface area contributed by atoms with Gasteiger partial charge in [0.05, 0.1) is 23.1 Å². The highest BCUT2D eigenvalue weighted by atomic mass is 79.9. The predicted octanol–water partition coefficient (Wildman–Crippen LogP) is 4.57. The highest BCUT2D eigenvalue weighted by molar-refractivity contribution is 9.10. The Morgan fingerprint density at radius 3 is 3.09 bits per heavy atom. The van der Waals surface area contributed by atoms with Crippen molar-refractivity contribution in [2.45, 2.75) is 10.9 Å². The molecule has 0 fully saturated rings. The van der Waals surface area contributed by atoms with E-state index in [2.05, 4.69) is 53.8 Å². The third-order valence-electron chi connectivity index (χ3n) is 3.39. The standard InChI is InChI=1S/C15H11BrN4S2/c1-21-15-19-13-10(16)5-9(6-12(13)22-15)7-20-8-18-11-3-2-4-17-14(11)20/h2-6,8H,7H2,1H3. The summed E-state index contributed by atoms with van der Waals surface area (Å²) in [6, 6.07) is 8.21. The number of pyridine rings is 1. The van der Waals surface area contributed by atoms with Crippen molar-refractivity contribution in [2.75, 3.05) is 6.26 Å². The van der Waals surface area contributed by atoms with Gasteiger partial charge in [-0.25, -0.2) is 15.0 Å². The SMILES string of the molecule is CSc1nc2c(Br)cc(Cn3cnc4cccnc43)cc2s1. The third-order valence-corrected chi connectivity index (χ3v) is 5.98. The molecule has 4 aromatic rings. The number of nitrogens with zero attached hydrogens (tertiary/aromatic N) is 4. The van der Waals surface area contributed by atoms with E-state index in [1.54, 1.807) is 29.3 Å². The van der Waals surface area contributed by atoms with Gasteiger partial charge in [0.2, 0.25) is 0 Å². The van der Waals surface area contributed by atoms with Gasteiger partial charge in [0, 0.05) is 10.7 Å². The maximum Gasteiger partial charge on any atom is 0.160 e. The molecule has 1 aromatic carbocycles. The summed E-state index contributed by atoms with van der Waals surface area (Å²) in [5.74, 6) is 0. The van der Waals surface area contributed by atoms with E-state index in [9.17, 15) is 0 Å². The van der Waals surface area contributed by atoms with Gasteiger partial charge >= 0.3 is 0 Å². The first-order valence-electron chi connectivity index (χ1n) is 6.63. The second kappa shape index (κ2) is 5.64. The van der Waals surface area contributed by atoms with Crippen LogP contribution in [0.1, 0.15) is 5.56 Å². The van der Waals surface area contributed by atoms with E-state index < -0.39 is 0 Å². The average molecular weight is 391 g/mol. The molecule has 0 radical (unpaired) electrons. The fourth-order valence-electron chi connectivity index (χ4n) is 2.41. The predicted molar refractivity (Wildman–Crippen MR) is 95.7 cm³/mol. The zero-order valence-corrected chi connectivity index (χ0v) is 14.9. The molecule has 0 aliphatic heterocycles. The number of aromatic nitrogens is 4. The van der Waals surface area contributed by atoms with Crippen LogP contribution in [0.15, 0.2) is 45.6 Å². The Bertz CT molecular complexity index is 976. The number of benzene rings is 1. The number of halogens is 1. The van der Waals surface area contributed by atoms with E-state index >= 15 is 0 Å². The van der Waals surface area contributed by atoms with Gasteiger partial charge in [-0.3, -0.25) is 0 Å². The fourth-order valence-corrected chi connectivity index (χ4v) is 4.71. The number of hydrogen-bond acceptors (Lipinski definition) is 5. The molecule has 7 heteroatoms. The molecule has 22 heavy (non-hydrogen) atoms. The molecule has 4 nitrogen and oxygen atoms in total. The molecule has 3 aromatic heterocycles. The monoisotopic (exact) mass is 390 g/mol. The van der Waals surface area contributed by atoms with Crippen LogP contribution >= 0.6 is 39.0 Å². The third kappa shape index (κ3) is 2.43. The Balaban J connectivity index is 1.77. The molecule has 0 bridgehead atoms. The van der Waals surface area contributed by atoms with Crippen LogP contribution in [0, 0.1) is 0 Å². The molecule has 0 unspecified atom stereocenters. The smallest absolute Gasteiger partial charge is 0.160 e. The van der Waals surface area contributed by atoms with Crippen molar-refractivity contribution in [3.63, 3.8) is 0 Å². The van der Waals surface area contributed by atoms with E-state index in [0.29, 0.717) is 0 Å². The van der Waals surface area contributed by atoms with Crippen molar-refractivity contribution in [3.05, 3.63) is 46.8 Å². The van der Waals surface area contributed by atoms with Crippen molar-refractivity contribution < 1.29 is 0 Å². The lowest BCUT2D eigenvalue weighted by Gasteiger charge is -2.05. The van der Waals surface area contributed by atoms with Crippen LogP contribution in [0.3, 0.4) is 0 Å². The first kappa shape index (κ1) is 14.2. The van der Waals surface area contributed by atoms with Crippen LogP contribution in [0.5, 0.6) is 0 Å². The lowest BCUT2D eigenvalue weighted by molar-refractivity contribution is 0.815. The lowest BCUT2D eigenvalue weighted by atomic mass is 10.2. The lowest BCUT2D eigenvalue weighted by Crippen LogP contribution is -1.99. The second-order valence-corrected chi connectivity index (χ2v) is 7.77. The second-order valence-electron chi connectivity index (χ2n) is 4.83. The summed E-state index contributed by atoms with van der Waals surface area (Å²) in [6.45, 7) is 0.745. The van der Waals surface area contributed by atoms with Crippen LogP contribution in [0.2, 0.25) is 0 Å². The number of hydrogen-bond donors (Lipinski definition) is 0. The van der Waals surface area contributed by atoms with Gasteiger partial charge in [-0.2, -0.15) is 0 Å². The Kier molecular flexibility index (Phi) is 3.63. The molecule has 0 spiro atoms. The fraction of sp³-hybridized carbons (Fsp3) is 0.133. The number of thiazole rings is 1. The molecule has 3 heterocycles. The molecule has 0 aliphatic rings. The molecule has 0 amide bonds. The molecule has 4 rings (SSSR count). The van der Waals surface area contributed by atoms with Crippen LogP contribution in [0.4, 0.5) is 0 Å². The Hall–Kier alpha value is -1.44. The molecule has 0 aliphatic carbocycles. The summed E-state index contributed by atoms with van der Waals surface area (Å²) in [6.07, 6.45) is 5.69. The topological polar surface area (TPSA) is 43.6 Å². The number of fused-ring (bicyclic) bond motifs is 2. The van der Waals surface area contributed by atoms with Gasteiger partial charge in [0.1, 0.15) is 5.52 Å². The Labute approximate surface area is 143 Å². The summed E-state index contributed by atoms with van der Waals surface area (Å²) in [4.78, 5) is 13.4. The zero-order valence-electron chi connectivity index (χ0n) is 11.7. The highest BCUT2D eigenvalue weighted by Gasteiger charge is 2.10. The van der Waals surface area contributed by atoms with Crippen LogP contribution in [-0.2, 0) is 6.54 Å². The van der Waals surface area contributed by atoms with Crippen LogP contribution in [-0.4, -0.2) is 25.8 Å². The van der Waals surface area contributed by atoms with E-state index in [1.807, 2.05) is 18.5 Å². The van der Waals surface area contributed by atoms with E-state index in [0.717, 1.165) is 32.0 Å². The van der Waals surface area contributed by atoms with Crippen molar-refractivity contribution in [3.8, 4) is 0 Å². The van der Waals surface area contributed by atoms with Gasteiger partial charge in [0.15, 0.2) is 9.99 Å². The average Bonchev–Trinajstić information content (AvgIpc) is 3.12. The van der Waals surface area contributed by atoms with Gasteiger partial charge in [-0.05, 0) is 52.0 Å². The summed E-state index contributed by atoms with van der Waals surface area (Å²) in [5, 5.41) is 0. The van der Waals surface area contributed by atoms with Crippen LogP contribution < -0.4 is 0 Å². The first-order valence-corrected chi connectivity index (χ1v) is 9.47. The normalized spacial score (nSPS) is 11.5. The molecular formula is C15H11BrN4S2. The number of imidazole rings is 1. The quantitative estimate of drug-likeness (QED) is 0.480. The summed E-state index contributed by atoms with van der Waals surface area (Å²) in [5.41, 5.74) is 4.07. The molecule has 0 saturated carbocycles.